The molecule has 1 aliphatic rings. The van der Waals surface area contributed by atoms with E-state index in [1.54, 1.807) is 24.1 Å². The lowest BCUT2D eigenvalue weighted by atomic mass is 9.94. The molecule has 0 radical (unpaired) electrons. The third-order valence-corrected chi connectivity index (χ3v) is 7.69. The van der Waals surface area contributed by atoms with Gasteiger partial charge in [-0.3, -0.25) is 9.59 Å². The zero-order chi connectivity index (χ0) is 27.6. The van der Waals surface area contributed by atoms with Gasteiger partial charge in [0.1, 0.15) is 12.3 Å². The molecule has 6 nitrogen and oxygen atoms in total. The number of benzene rings is 2. The summed E-state index contributed by atoms with van der Waals surface area (Å²) in [5.74, 6) is 0.962. The van der Waals surface area contributed by atoms with Gasteiger partial charge in [-0.2, -0.15) is 0 Å². The molecule has 0 saturated heterocycles. The van der Waals surface area contributed by atoms with Crippen LogP contribution in [0, 0.1) is 5.92 Å². The molecule has 0 bridgehead atoms. The SMILES string of the molecule is COc1cccc(C(=O)N(CCC(C)C)CC(=O)N(Cc2cccn2Cc2ccccc2)C2CCCCC2)c1. The van der Waals surface area contributed by atoms with Crippen molar-refractivity contribution in [3.05, 3.63) is 89.7 Å². The van der Waals surface area contributed by atoms with Crippen molar-refractivity contribution in [1.82, 2.24) is 14.4 Å². The van der Waals surface area contributed by atoms with E-state index in [-0.39, 0.29) is 24.4 Å². The van der Waals surface area contributed by atoms with Crippen LogP contribution < -0.4 is 4.74 Å². The van der Waals surface area contributed by atoms with E-state index in [2.05, 4.69) is 65.9 Å². The number of rotatable bonds is 12. The summed E-state index contributed by atoms with van der Waals surface area (Å²) in [4.78, 5) is 31.5. The van der Waals surface area contributed by atoms with Gasteiger partial charge in [0.2, 0.25) is 5.91 Å². The Bertz CT molecular complexity index is 1200. The Kier molecular flexibility index (Phi) is 10.2. The first kappa shape index (κ1) is 28.5. The molecule has 0 spiro atoms. The lowest BCUT2D eigenvalue weighted by molar-refractivity contribution is -0.135. The molecule has 0 atom stereocenters. The summed E-state index contributed by atoms with van der Waals surface area (Å²) in [5, 5.41) is 0. The lowest BCUT2D eigenvalue weighted by Gasteiger charge is -2.36. The number of amides is 2. The third-order valence-electron chi connectivity index (χ3n) is 7.69. The number of nitrogens with zero attached hydrogens (tertiary/aromatic N) is 3. The van der Waals surface area contributed by atoms with Crippen LogP contribution in [0.2, 0.25) is 0 Å². The average Bonchev–Trinajstić information content (AvgIpc) is 3.40. The average molecular weight is 530 g/mol. The molecule has 39 heavy (non-hydrogen) atoms. The Labute approximate surface area is 233 Å². The molecule has 208 valence electrons. The van der Waals surface area contributed by atoms with Crippen LogP contribution in [0.15, 0.2) is 72.9 Å². The van der Waals surface area contributed by atoms with Crippen LogP contribution in [0.5, 0.6) is 5.75 Å². The number of hydrogen-bond acceptors (Lipinski definition) is 3. The van der Waals surface area contributed by atoms with Crippen LogP contribution in [0.1, 0.15) is 74.0 Å². The summed E-state index contributed by atoms with van der Waals surface area (Å²) in [6.07, 6.45) is 8.46. The summed E-state index contributed by atoms with van der Waals surface area (Å²) in [7, 11) is 1.60. The van der Waals surface area contributed by atoms with Gasteiger partial charge >= 0.3 is 0 Å². The van der Waals surface area contributed by atoms with Gasteiger partial charge in [0, 0.05) is 36.6 Å². The smallest absolute Gasteiger partial charge is 0.254 e. The van der Waals surface area contributed by atoms with Crippen LogP contribution >= 0.6 is 0 Å². The summed E-state index contributed by atoms with van der Waals surface area (Å²) >= 11 is 0. The molecular formula is C33H43N3O3. The predicted molar refractivity (Wildman–Crippen MR) is 156 cm³/mol. The van der Waals surface area contributed by atoms with Gasteiger partial charge in [0.25, 0.3) is 5.91 Å². The molecule has 1 saturated carbocycles. The van der Waals surface area contributed by atoms with Gasteiger partial charge in [0.15, 0.2) is 0 Å². The van der Waals surface area contributed by atoms with Crippen LogP contribution in [0.4, 0.5) is 0 Å². The maximum atomic E-state index is 14.1. The Morgan fingerprint density at radius 1 is 0.974 bits per heavy atom. The van der Waals surface area contributed by atoms with Crippen molar-refractivity contribution < 1.29 is 14.3 Å². The minimum absolute atomic E-state index is 0.0226. The van der Waals surface area contributed by atoms with E-state index in [0.717, 1.165) is 44.3 Å². The molecule has 2 aromatic carbocycles. The monoisotopic (exact) mass is 529 g/mol. The van der Waals surface area contributed by atoms with Gasteiger partial charge in [0.05, 0.1) is 13.7 Å². The Hall–Kier alpha value is -3.54. The maximum Gasteiger partial charge on any atom is 0.254 e. The predicted octanol–water partition coefficient (Wildman–Crippen LogP) is 6.39. The molecule has 4 rings (SSSR count). The number of hydrogen-bond donors (Lipinski definition) is 0. The fourth-order valence-corrected chi connectivity index (χ4v) is 5.37. The first-order chi connectivity index (χ1) is 18.9. The molecule has 1 aromatic heterocycles. The van der Waals surface area contributed by atoms with Crippen molar-refractivity contribution in [3.63, 3.8) is 0 Å². The largest absolute Gasteiger partial charge is 0.497 e. The zero-order valence-corrected chi connectivity index (χ0v) is 23.7. The molecule has 1 aliphatic carbocycles. The standard InChI is InChI=1S/C33H43N3O3/c1-26(2)19-21-35(33(38)28-14-10-18-31(22-28)39-3)25-32(37)36(29-15-8-5-9-16-29)24-30-17-11-20-34(30)23-27-12-6-4-7-13-27/h4,6-7,10-14,17-18,20,22,26,29H,5,8-9,15-16,19,21,23-25H2,1-3H3. The summed E-state index contributed by atoms with van der Waals surface area (Å²) < 4.78 is 7.58. The maximum absolute atomic E-state index is 14.1. The van der Waals surface area contributed by atoms with Crippen molar-refractivity contribution in [2.45, 2.75) is 71.5 Å². The van der Waals surface area contributed by atoms with Crippen molar-refractivity contribution in [2.75, 3.05) is 20.2 Å². The highest BCUT2D eigenvalue weighted by Crippen LogP contribution is 2.25. The first-order valence-electron chi connectivity index (χ1n) is 14.4. The molecule has 1 heterocycles. The Balaban J connectivity index is 1.56. The highest BCUT2D eigenvalue weighted by Gasteiger charge is 2.29. The van der Waals surface area contributed by atoms with Crippen LogP contribution in [0.3, 0.4) is 0 Å². The minimum atomic E-state index is -0.126. The van der Waals surface area contributed by atoms with E-state index in [0.29, 0.717) is 30.3 Å². The van der Waals surface area contributed by atoms with Crippen LogP contribution in [-0.2, 0) is 17.9 Å². The van der Waals surface area contributed by atoms with E-state index in [1.165, 1.54) is 12.0 Å². The van der Waals surface area contributed by atoms with E-state index in [9.17, 15) is 9.59 Å². The molecule has 0 aliphatic heterocycles. The second-order valence-electron chi connectivity index (χ2n) is 11.1. The zero-order valence-electron chi connectivity index (χ0n) is 23.7. The molecule has 3 aromatic rings. The van der Waals surface area contributed by atoms with Gasteiger partial charge in [-0.15, -0.1) is 0 Å². The molecular weight excluding hydrogens is 486 g/mol. The number of carbonyl (C=O) groups excluding carboxylic acids is 2. The van der Waals surface area contributed by atoms with E-state index in [1.807, 2.05) is 18.2 Å². The highest BCUT2D eigenvalue weighted by molar-refractivity contribution is 5.96. The second kappa shape index (κ2) is 14.0. The quantitative estimate of drug-likeness (QED) is 0.273. The topological polar surface area (TPSA) is 54.8 Å². The first-order valence-corrected chi connectivity index (χ1v) is 14.4. The van der Waals surface area contributed by atoms with Crippen molar-refractivity contribution >= 4 is 11.8 Å². The molecule has 0 N–H and O–H groups in total. The fraction of sp³-hybridized carbons (Fsp3) is 0.455. The third kappa shape index (κ3) is 7.98. The van der Waals surface area contributed by atoms with Gasteiger partial charge < -0.3 is 19.1 Å². The minimum Gasteiger partial charge on any atom is -0.497 e. The number of methoxy groups -OCH3 is 1. The number of aromatic nitrogens is 1. The van der Waals surface area contributed by atoms with E-state index in [4.69, 9.17) is 4.74 Å². The van der Waals surface area contributed by atoms with E-state index < -0.39 is 0 Å². The van der Waals surface area contributed by atoms with Crippen LogP contribution in [0.25, 0.3) is 0 Å². The van der Waals surface area contributed by atoms with Crippen molar-refractivity contribution in [1.29, 1.82) is 0 Å². The van der Waals surface area contributed by atoms with Crippen LogP contribution in [-0.4, -0.2) is 52.4 Å². The van der Waals surface area contributed by atoms with Gasteiger partial charge in [-0.25, -0.2) is 0 Å². The highest BCUT2D eigenvalue weighted by atomic mass is 16.5. The summed E-state index contributed by atoms with van der Waals surface area (Å²) in [6, 6.07) is 22.0. The number of carbonyl (C=O) groups is 2. The summed E-state index contributed by atoms with van der Waals surface area (Å²) in [6.45, 7) is 6.23. The Morgan fingerprint density at radius 3 is 2.46 bits per heavy atom. The van der Waals surface area contributed by atoms with Gasteiger partial charge in [-0.05, 0) is 61.1 Å². The Morgan fingerprint density at radius 2 is 1.74 bits per heavy atom. The molecule has 0 unspecified atom stereocenters. The molecule has 2 amide bonds. The second-order valence-corrected chi connectivity index (χ2v) is 11.1. The van der Waals surface area contributed by atoms with Gasteiger partial charge in [-0.1, -0.05) is 69.5 Å². The molecule has 1 fully saturated rings. The van der Waals surface area contributed by atoms with Crippen molar-refractivity contribution in [2.24, 2.45) is 5.92 Å². The number of ether oxygens (including phenoxy) is 1. The fourth-order valence-electron chi connectivity index (χ4n) is 5.37. The van der Waals surface area contributed by atoms with Crippen molar-refractivity contribution in [3.8, 4) is 5.75 Å². The lowest BCUT2D eigenvalue weighted by Crippen LogP contribution is -2.48. The summed E-state index contributed by atoms with van der Waals surface area (Å²) in [5.41, 5.74) is 2.90. The molecule has 6 heteroatoms. The normalized spacial score (nSPS) is 13.8. The van der Waals surface area contributed by atoms with E-state index >= 15 is 0 Å².